The number of methoxy groups -OCH3 is 1. The molecular formula is C23H23N3O2. The van der Waals surface area contributed by atoms with E-state index in [2.05, 4.69) is 28.5 Å². The summed E-state index contributed by atoms with van der Waals surface area (Å²) in [6, 6.07) is 14.3. The molecule has 1 N–H and O–H groups in total. The standard InChI is InChI=1S/C23H23N3O2/c1-16(23(27)25-20-9-8-18-5-3-4-6-19(18)20)13-17-7-10-21(22(14-17)28-2)26-12-11-24-15-26/h3-7,10-15,20H,8-9H2,1-2H3,(H,25,27). The lowest BCUT2D eigenvalue weighted by atomic mass is 10.1. The first-order valence-corrected chi connectivity index (χ1v) is 9.39. The largest absolute Gasteiger partial charge is 0.495 e. The van der Waals surface area contributed by atoms with Crippen LogP contribution in [0.5, 0.6) is 5.75 Å². The first-order chi connectivity index (χ1) is 13.7. The predicted molar refractivity (Wildman–Crippen MR) is 109 cm³/mol. The van der Waals surface area contributed by atoms with Gasteiger partial charge in [-0.15, -0.1) is 0 Å². The van der Waals surface area contributed by atoms with Gasteiger partial charge < -0.3 is 14.6 Å². The van der Waals surface area contributed by atoms with Crippen LogP contribution in [0.4, 0.5) is 0 Å². The number of rotatable bonds is 5. The van der Waals surface area contributed by atoms with Gasteiger partial charge in [-0.05, 0) is 54.7 Å². The quantitative estimate of drug-likeness (QED) is 0.686. The Hall–Kier alpha value is -3.34. The Labute approximate surface area is 164 Å². The zero-order chi connectivity index (χ0) is 19.5. The highest BCUT2D eigenvalue weighted by Gasteiger charge is 2.23. The van der Waals surface area contributed by atoms with Crippen LogP contribution in [0.15, 0.2) is 66.8 Å². The van der Waals surface area contributed by atoms with E-state index in [-0.39, 0.29) is 11.9 Å². The van der Waals surface area contributed by atoms with Crippen LogP contribution in [0.3, 0.4) is 0 Å². The fraction of sp³-hybridized carbons (Fsp3) is 0.217. The van der Waals surface area contributed by atoms with Gasteiger partial charge in [0.1, 0.15) is 5.75 Å². The van der Waals surface area contributed by atoms with E-state index in [9.17, 15) is 4.79 Å². The molecule has 1 aliphatic rings. The molecule has 0 radical (unpaired) electrons. The van der Waals surface area contributed by atoms with Crippen molar-refractivity contribution in [3.8, 4) is 11.4 Å². The number of aryl methyl sites for hydroxylation is 1. The minimum absolute atomic E-state index is 0.0423. The van der Waals surface area contributed by atoms with Gasteiger partial charge in [0.05, 0.1) is 25.2 Å². The smallest absolute Gasteiger partial charge is 0.247 e. The van der Waals surface area contributed by atoms with E-state index in [0.717, 1.165) is 29.8 Å². The summed E-state index contributed by atoms with van der Waals surface area (Å²) in [5.41, 5.74) is 5.05. The zero-order valence-electron chi connectivity index (χ0n) is 16.1. The van der Waals surface area contributed by atoms with Gasteiger partial charge in [-0.3, -0.25) is 4.79 Å². The van der Waals surface area contributed by atoms with Gasteiger partial charge in [-0.25, -0.2) is 4.98 Å². The van der Waals surface area contributed by atoms with Crippen LogP contribution >= 0.6 is 0 Å². The Balaban J connectivity index is 1.51. The summed E-state index contributed by atoms with van der Waals surface area (Å²) < 4.78 is 7.41. The van der Waals surface area contributed by atoms with Crippen LogP contribution in [0.1, 0.15) is 36.1 Å². The third-order valence-electron chi connectivity index (χ3n) is 5.17. The lowest BCUT2D eigenvalue weighted by molar-refractivity contribution is -0.118. The van der Waals surface area contributed by atoms with Crippen molar-refractivity contribution in [3.05, 3.63) is 83.4 Å². The lowest BCUT2D eigenvalue weighted by Crippen LogP contribution is -2.27. The van der Waals surface area contributed by atoms with Gasteiger partial charge in [0.15, 0.2) is 0 Å². The summed E-state index contributed by atoms with van der Waals surface area (Å²) in [7, 11) is 1.64. The average molecular weight is 373 g/mol. The molecule has 5 nitrogen and oxygen atoms in total. The molecule has 4 rings (SSSR count). The van der Waals surface area contributed by atoms with E-state index in [1.165, 1.54) is 11.1 Å². The molecule has 1 amide bonds. The number of nitrogens with one attached hydrogen (secondary N) is 1. The number of aromatic nitrogens is 2. The predicted octanol–water partition coefficient (Wildman–Crippen LogP) is 4.09. The van der Waals surface area contributed by atoms with Crippen LogP contribution in [0.2, 0.25) is 0 Å². The minimum atomic E-state index is -0.0423. The van der Waals surface area contributed by atoms with Gasteiger partial charge in [0.2, 0.25) is 5.91 Å². The summed E-state index contributed by atoms with van der Waals surface area (Å²) in [5, 5.41) is 3.17. The normalized spacial score (nSPS) is 15.9. The molecule has 28 heavy (non-hydrogen) atoms. The maximum atomic E-state index is 12.7. The van der Waals surface area contributed by atoms with Gasteiger partial charge >= 0.3 is 0 Å². The van der Waals surface area contributed by atoms with E-state index < -0.39 is 0 Å². The van der Waals surface area contributed by atoms with Gasteiger partial charge in [-0.2, -0.15) is 0 Å². The number of fused-ring (bicyclic) bond motifs is 1. The Kier molecular flexibility index (Phi) is 4.98. The molecule has 3 aromatic rings. The number of ether oxygens (including phenoxy) is 1. The van der Waals surface area contributed by atoms with Crippen molar-refractivity contribution >= 4 is 12.0 Å². The maximum Gasteiger partial charge on any atom is 0.247 e. The third kappa shape index (κ3) is 3.56. The molecule has 0 fully saturated rings. The van der Waals surface area contributed by atoms with Crippen LogP contribution in [0, 0.1) is 0 Å². The van der Waals surface area contributed by atoms with Gasteiger partial charge in [0, 0.05) is 18.0 Å². The second-order valence-corrected chi connectivity index (χ2v) is 6.99. The highest BCUT2D eigenvalue weighted by atomic mass is 16.5. The fourth-order valence-electron chi connectivity index (χ4n) is 3.69. The van der Waals surface area contributed by atoms with E-state index in [1.807, 2.05) is 48.0 Å². The SMILES string of the molecule is COc1cc(C=C(C)C(=O)NC2CCc3ccccc32)ccc1-n1ccnc1. The zero-order valence-corrected chi connectivity index (χ0v) is 16.1. The summed E-state index contributed by atoms with van der Waals surface area (Å²) >= 11 is 0. The van der Waals surface area contributed by atoms with E-state index in [1.54, 1.807) is 19.6 Å². The van der Waals surface area contributed by atoms with E-state index in [4.69, 9.17) is 4.74 Å². The number of nitrogens with zero attached hydrogens (tertiary/aromatic N) is 2. The first-order valence-electron chi connectivity index (χ1n) is 9.39. The fourth-order valence-corrected chi connectivity index (χ4v) is 3.69. The topological polar surface area (TPSA) is 56.1 Å². The Morgan fingerprint density at radius 1 is 1.29 bits per heavy atom. The van der Waals surface area contributed by atoms with Gasteiger partial charge in [-0.1, -0.05) is 30.3 Å². The first kappa shape index (κ1) is 18.0. The third-order valence-corrected chi connectivity index (χ3v) is 5.17. The maximum absolute atomic E-state index is 12.7. The molecule has 0 aliphatic heterocycles. The lowest BCUT2D eigenvalue weighted by Gasteiger charge is -2.15. The second-order valence-electron chi connectivity index (χ2n) is 6.99. The molecule has 1 aromatic heterocycles. The highest BCUT2D eigenvalue weighted by Crippen LogP contribution is 2.31. The molecule has 0 saturated heterocycles. The number of hydrogen-bond donors (Lipinski definition) is 1. The van der Waals surface area contributed by atoms with Crippen molar-refractivity contribution in [1.29, 1.82) is 0 Å². The van der Waals surface area contributed by atoms with E-state index in [0.29, 0.717) is 5.57 Å². The number of carbonyl (C=O) groups is 1. The number of imidazole rings is 1. The highest BCUT2D eigenvalue weighted by molar-refractivity contribution is 5.97. The molecule has 2 aromatic carbocycles. The van der Waals surface area contributed by atoms with Crippen LogP contribution < -0.4 is 10.1 Å². The second kappa shape index (κ2) is 7.72. The molecule has 1 atom stereocenters. The van der Waals surface area contributed by atoms with E-state index >= 15 is 0 Å². The summed E-state index contributed by atoms with van der Waals surface area (Å²) in [6.07, 6.45) is 9.17. The van der Waals surface area contributed by atoms with Crippen molar-refractivity contribution < 1.29 is 9.53 Å². The molecule has 142 valence electrons. The molecule has 0 saturated carbocycles. The molecular weight excluding hydrogens is 350 g/mol. The summed E-state index contributed by atoms with van der Waals surface area (Å²) in [5.74, 6) is 0.684. The van der Waals surface area contributed by atoms with Crippen molar-refractivity contribution in [2.24, 2.45) is 0 Å². The number of amides is 1. The number of benzene rings is 2. The van der Waals surface area contributed by atoms with Crippen molar-refractivity contribution in [2.45, 2.75) is 25.8 Å². The number of carbonyl (C=O) groups excluding carboxylic acids is 1. The summed E-state index contributed by atoms with van der Waals surface area (Å²) in [6.45, 7) is 1.84. The van der Waals surface area contributed by atoms with Gasteiger partial charge in [0.25, 0.3) is 0 Å². The molecule has 0 bridgehead atoms. The minimum Gasteiger partial charge on any atom is -0.495 e. The molecule has 1 aliphatic carbocycles. The monoisotopic (exact) mass is 373 g/mol. The molecule has 5 heteroatoms. The molecule has 1 heterocycles. The number of hydrogen-bond acceptors (Lipinski definition) is 3. The Bertz CT molecular complexity index is 1020. The van der Waals surface area contributed by atoms with Crippen molar-refractivity contribution in [2.75, 3.05) is 7.11 Å². The Morgan fingerprint density at radius 2 is 2.14 bits per heavy atom. The molecule has 1 unspecified atom stereocenters. The van der Waals surface area contributed by atoms with Crippen LogP contribution in [-0.4, -0.2) is 22.6 Å². The summed E-state index contributed by atoms with van der Waals surface area (Å²) in [4.78, 5) is 16.8. The average Bonchev–Trinajstić information content (AvgIpc) is 3.38. The molecule has 0 spiro atoms. The van der Waals surface area contributed by atoms with Crippen molar-refractivity contribution in [1.82, 2.24) is 14.9 Å². The Morgan fingerprint density at radius 3 is 2.93 bits per heavy atom. The van der Waals surface area contributed by atoms with Crippen LogP contribution in [0.25, 0.3) is 11.8 Å². The van der Waals surface area contributed by atoms with Crippen molar-refractivity contribution in [3.63, 3.8) is 0 Å². The van der Waals surface area contributed by atoms with Crippen LogP contribution in [-0.2, 0) is 11.2 Å².